The quantitative estimate of drug-likeness (QED) is 0.916. The minimum absolute atomic E-state index is 0.0495. The highest BCUT2D eigenvalue weighted by atomic mass is 19.3. The SMILES string of the molecule is CC(C)(C)c1ccc([C@H](C(F)F)N2CCNCC2)cc1. The molecule has 2 rings (SSSR count). The van der Waals surface area contributed by atoms with Crippen molar-refractivity contribution >= 4 is 0 Å². The summed E-state index contributed by atoms with van der Waals surface area (Å²) in [6.07, 6.45) is -2.35. The van der Waals surface area contributed by atoms with E-state index in [1.165, 1.54) is 5.56 Å². The van der Waals surface area contributed by atoms with Crippen molar-refractivity contribution < 1.29 is 8.78 Å². The summed E-state index contributed by atoms with van der Waals surface area (Å²) >= 11 is 0. The molecule has 112 valence electrons. The van der Waals surface area contributed by atoms with Gasteiger partial charge in [0.1, 0.15) is 0 Å². The van der Waals surface area contributed by atoms with Gasteiger partial charge in [-0.15, -0.1) is 0 Å². The summed E-state index contributed by atoms with van der Waals surface area (Å²) in [5, 5.41) is 3.20. The first-order valence-corrected chi connectivity index (χ1v) is 7.23. The second-order valence-corrected chi connectivity index (χ2v) is 6.44. The Labute approximate surface area is 120 Å². The van der Waals surface area contributed by atoms with Gasteiger partial charge in [-0.05, 0) is 16.5 Å². The molecule has 1 aliphatic rings. The molecule has 20 heavy (non-hydrogen) atoms. The predicted octanol–water partition coefficient (Wildman–Crippen LogP) is 3.20. The normalized spacial score (nSPS) is 19.3. The molecule has 1 N–H and O–H groups in total. The number of alkyl halides is 2. The van der Waals surface area contributed by atoms with Gasteiger partial charge in [-0.25, -0.2) is 8.78 Å². The van der Waals surface area contributed by atoms with Gasteiger partial charge < -0.3 is 5.32 Å². The molecular formula is C16H24F2N2. The number of hydrogen-bond donors (Lipinski definition) is 1. The summed E-state index contributed by atoms with van der Waals surface area (Å²) < 4.78 is 26.9. The van der Waals surface area contributed by atoms with Crippen molar-refractivity contribution in [3.05, 3.63) is 35.4 Å². The van der Waals surface area contributed by atoms with Crippen molar-refractivity contribution in [3.63, 3.8) is 0 Å². The largest absolute Gasteiger partial charge is 0.314 e. The van der Waals surface area contributed by atoms with E-state index < -0.39 is 12.5 Å². The van der Waals surface area contributed by atoms with Gasteiger partial charge in [0, 0.05) is 26.2 Å². The fraction of sp³-hybridized carbons (Fsp3) is 0.625. The van der Waals surface area contributed by atoms with Crippen molar-refractivity contribution in [2.45, 2.75) is 38.7 Å². The molecule has 0 aromatic heterocycles. The topological polar surface area (TPSA) is 15.3 Å². The van der Waals surface area contributed by atoms with Crippen LogP contribution in [0.5, 0.6) is 0 Å². The van der Waals surface area contributed by atoms with Crippen LogP contribution in [0.25, 0.3) is 0 Å². The summed E-state index contributed by atoms with van der Waals surface area (Å²) in [5.41, 5.74) is 1.94. The number of nitrogens with one attached hydrogen (secondary N) is 1. The number of nitrogens with zero attached hydrogens (tertiary/aromatic N) is 1. The minimum atomic E-state index is -2.35. The third kappa shape index (κ3) is 3.55. The second-order valence-electron chi connectivity index (χ2n) is 6.44. The van der Waals surface area contributed by atoms with Gasteiger partial charge in [0.2, 0.25) is 0 Å². The summed E-state index contributed by atoms with van der Waals surface area (Å²) in [4.78, 5) is 1.88. The average Bonchev–Trinajstić information content (AvgIpc) is 2.39. The molecule has 0 bridgehead atoms. The lowest BCUT2D eigenvalue weighted by Gasteiger charge is -2.35. The standard InChI is InChI=1S/C16H24F2N2/c1-16(2,3)13-6-4-12(5-7-13)14(15(17)18)20-10-8-19-9-11-20/h4-7,14-15,19H,8-11H2,1-3H3/t14-/m1/s1. The van der Waals surface area contributed by atoms with Crippen LogP contribution >= 0.6 is 0 Å². The van der Waals surface area contributed by atoms with Crippen LogP contribution in [-0.4, -0.2) is 37.5 Å². The first-order valence-electron chi connectivity index (χ1n) is 7.23. The van der Waals surface area contributed by atoms with E-state index in [1.807, 2.05) is 29.2 Å². The summed E-state index contributed by atoms with van der Waals surface area (Å²) in [7, 11) is 0. The van der Waals surface area contributed by atoms with Crippen LogP contribution in [0, 0.1) is 0 Å². The molecule has 0 radical (unpaired) electrons. The maximum atomic E-state index is 13.4. The molecule has 1 aliphatic heterocycles. The van der Waals surface area contributed by atoms with Gasteiger partial charge in [-0.2, -0.15) is 0 Å². The highest BCUT2D eigenvalue weighted by molar-refractivity contribution is 5.29. The lowest BCUT2D eigenvalue weighted by Crippen LogP contribution is -2.46. The Morgan fingerprint density at radius 1 is 1.05 bits per heavy atom. The van der Waals surface area contributed by atoms with Gasteiger partial charge in [0.15, 0.2) is 0 Å². The molecule has 1 aromatic carbocycles. The monoisotopic (exact) mass is 282 g/mol. The van der Waals surface area contributed by atoms with Crippen LogP contribution in [0.1, 0.15) is 37.9 Å². The Bertz CT molecular complexity index is 417. The minimum Gasteiger partial charge on any atom is -0.314 e. The molecule has 0 unspecified atom stereocenters. The highest BCUT2D eigenvalue weighted by Gasteiger charge is 2.30. The van der Waals surface area contributed by atoms with Crippen LogP contribution in [0.4, 0.5) is 8.78 Å². The molecule has 1 atom stereocenters. The Morgan fingerprint density at radius 2 is 1.60 bits per heavy atom. The highest BCUT2D eigenvalue weighted by Crippen LogP contribution is 2.30. The molecule has 1 heterocycles. The van der Waals surface area contributed by atoms with Gasteiger partial charge in [0.25, 0.3) is 6.43 Å². The van der Waals surface area contributed by atoms with Crippen LogP contribution in [0.2, 0.25) is 0 Å². The predicted molar refractivity (Wildman–Crippen MR) is 78.3 cm³/mol. The lowest BCUT2D eigenvalue weighted by atomic mass is 9.86. The lowest BCUT2D eigenvalue weighted by molar-refractivity contribution is 0.0182. The summed E-state index contributed by atoms with van der Waals surface area (Å²) in [5.74, 6) is 0. The van der Waals surface area contributed by atoms with Crippen LogP contribution in [0.15, 0.2) is 24.3 Å². The van der Waals surface area contributed by atoms with E-state index in [2.05, 4.69) is 26.1 Å². The smallest absolute Gasteiger partial charge is 0.258 e. The van der Waals surface area contributed by atoms with Crippen LogP contribution in [-0.2, 0) is 5.41 Å². The van der Waals surface area contributed by atoms with Crippen molar-refractivity contribution in [1.29, 1.82) is 0 Å². The molecule has 0 aliphatic carbocycles. The molecule has 0 saturated carbocycles. The van der Waals surface area contributed by atoms with E-state index >= 15 is 0 Å². The molecule has 1 fully saturated rings. The number of benzene rings is 1. The molecule has 0 amide bonds. The zero-order valence-electron chi connectivity index (χ0n) is 12.5. The first kappa shape index (κ1) is 15.4. The third-order valence-corrected chi connectivity index (χ3v) is 3.90. The van der Waals surface area contributed by atoms with Crippen molar-refractivity contribution in [2.75, 3.05) is 26.2 Å². The summed E-state index contributed by atoms with van der Waals surface area (Å²) in [6, 6.07) is 6.89. The van der Waals surface area contributed by atoms with Crippen molar-refractivity contribution in [2.24, 2.45) is 0 Å². The molecule has 1 aromatic rings. The number of hydrogen-bond acceptors (Lipinski definition) is 2. The van der Waals surface area contributed by atoms with E-state index in [1.54, 1.807) is 0 Å². The van der Waals surface area contributed by atoms with Gasteiger partial charge in [-0.3, -0.25) is 4.90 Å². The van der Waals surface area contributed by atoms with E-state index in [0.717, 1.165) is 18.7 Å². The molecule has 4 heteroatoms. The fourth-order valence-corrected chi connectivity index (χ4v) is 2.66. The Hall–Kier alpha value is -1.00. The first-order chi connectivity index (χ1) is 9.39. The van der Waals surface area contributed by atoms with E-state index in [4.69, 9.17) is 0 Å². The van der Waals surface area contributed by atoms with Crippen LogP contribution in [0.3, 0.4) is 0 Å². The average molecular weight is 282 g/mol. The van der Waals surface area contributed by atoms with Gasteiger partial charge in [-0.1, -0.05) is 45.0 Å². The Kier molecular flexibility index (Phi) is 4.76. The zero-order valence-corrected chi connectivity index (χ0v) is 12.5. The number of rotatable bonds is 3. The second kappa shape index (κ2) is 6.19. The maximum Gasteiger partial charge on any atom is 0.258 e. The maximum absolute atomic E-state index is 13.4. The molecular weight excluding hydrogens is 258 g/mol. The number of piperazine rings is 1. The fourth-order valence-electron chi connectivity index (χ4n) is 2.66. The van der Waals surface area contributed by atoms with E-state index in [-0.39, 0.29) is 5.41 Å². The zero-order chi connectivity index (χ0) is 14.8. The van der Waals surface area contributed by atoms with Gasteiger partial charge >= 0.3 is 0 Å². The molecule has 0 spiro atoms. The van der Waals surface area contributed by atoms with Gasteiger partial charge in [0.05, 0.1) is 6.04 Å². The van der Waals surface area contributed by atoms with Crippen molar-refractivity contribution in [1.82, 2.24) is 10.2 Å². The van der Waals surface area contributed by atoms with E-state index in [9.17, 15) is 8.78 Å². The van der Waals surface area contributed by atoms with Crippen molar-refractivity contribution in [3.8, 4) is 0 Å². The third-order valence-electron chi connectivity index (χ3n) is 3.90. The molecule has 1 saturated heterocycles. The Balaban J connectivity index is 2.21. The van der Waals surface area contributed by atoms with E-state index in [0.29, 0.717) is 13.1 Å². The number of halogens is 2. The Morgan fingerprint density at radius 3 is 2.05 bits per heavy atom. The summed E-state index contributed by atoms with van der Waals surface area (Å²) in [6.45, 7) is 9.30. The van der Waals surface area contributed by atoms with Crippen LogP contribution < -0.4 is 5.32 Å². The molecule has 2 nitrogen and oxygen atoms in total.